The van der Waals surface area contributed by atoms with E-state index in [2.05, 4.69) is 16.7 Å². The van der Waals surface area contributed by atoms with Crippen molar-refractivity contribution in [2.45, 2.75) is 46.5 Å². The summed E-state index contributed by atoms with van der Waals surface area (Å²) in [7, 11) is 0. The van der Waals surface area contributed by atoms with Crippen molar-refractivity contribution in [1.82, 2.24) is 19.6 Å². The van der Waals surface area contributed by atoms with Crippen molar-refractivity contribution in [2.24, 2.45) is 0 Å². The molecule has 1 amide bonds. The number of halogens is 4. The Labute approximate surface area is 220 Å². The average molecular weight is 532 g/mol. The predicted molar refractivity (Wildman–Crippen MR) is 139 cm³/mol. The summed E-state index contributed by atoms with van der Waals surface area (Å²) in [6.07, 6.45) is -4.47. The maximum absolute atomic E-state index is 14.2. The Morgan fingerprint density at radius 3 is 2.26 bits per heavy atom. The summed E-state index contributed by atoms with van der Waals surface area (Å²) in [5.41, 5.74) is 1.49. The first kappa shape index (κ1) is 27.6. The van der Waals surface area contributed by atoms with E-state index in [0.29, 0.717) is 11.4 Å². The van der Waals surface area contributed by atoms with Crippen LogP contribution in [0.3, 0.4) is 0 Å². The van der Waals surface area contributed by atoms with Crippen LogP contribution in [-0.4, -0.2) is 64.3 Å². The van der Waals surface area contributed by atoms with Gasteiger partial charge in [-0.15, -0.1) is 0 Å². The molecule has 0 bridgehead atoms. The minimum Gasteiger partial charge on any atom is -0.354 e. The first-order chi connectivity index (χ1) is 18.0. The summed E-state index contributed by atoms with van der Waals surface area (Å²) in [6.45, 7) is 12.1. The van der Waals surface area contributed by atoms with Crippen LogP contribution < -0.4 is 4.90 Å². The number of rotatable bonds is 7. The van der Waals surface area contributed by atoms with Crippen LogP contribution in [0.2, 0.25) is 0 Å². The van der Waals surface area contributed by atoms with Gasteiger partial charge in [0, 0.05) is 43.3 Å². The van der Waals surface area contributed by atoms with Gasteiger partial charge in [-0.2, -0.15) is 18.3 Å². The topological polar surface area (TPSA) is 44.6 Å². The molecule has 1 aliphatic heterocycles. The molecular formula is C28H33F4N5O. The molecule has 3 aromatic rings. The molecular weight excluding hydrogens is 498 g/mol. The number of aromatic nitrogens is 2. The SMILES string of the molecule is CCN1CCN(c2c(CN(C(=O)c3ccc(C(F)(F)F)cc3)C(C)C)c(C)nn2-c2cccc(F)c2)CC1. The molecule has 0 aliphatic carbocycles. The molecule has 10 heteroatoms. The maximum Gasteiger partial charge on any atom is 0.416 e. The zero-order chi connectivity index (χ0) is 27.6. The third kappa shape index (κ3) is 5.85. The second-order valence-corrected chi connectivity index (χ2v) is 9.80. The van der Waals surface area contributed by atoms with E-state index in [1.807, 2.05) is 20.8 Å². The van der Waals surface area contributed by atoms with Gasteiger partial charge >= 0.3 is 6.18 Å². The molecule has 0 spiro atoms. The van der Waals surface area contributed by atoms with E-state index in [4.69, 9.17) is 5.10 Å². The van der Waals surface area contributed by atoms with Crippen molar-refractivity contribution in [3.63, 3.8) is 0 Å². The van der Waals surface area contributed by atoms with E-state index in [0.717, 1.165) is 56.2 Å². The Bertz CT molecular complexity index is 1260. The van der Waals surface area contributed by atoms with Gasteiger partial charge in [-0.3, -0.25) is 4.79 Å². The highest BCUT2D eigenvalue weighted by atomic mass is 19.4. The number of alkyl halides is 3. The van der Waals surface area contributed by atoms with Crippen molar-refractivity contribution in [3.05, 3.63) is 76.7 Å². The fourth-order valence-corrected chi connectivity index (χ4v) is 4.75. The number of hydrogen-bond donors (Lipinski definition) is 0. The lowest BCUT2D eigenvalue weighted by Gasteiger charge is -2.36. The maximum atomic E-state index is 14.2. The zero-order valence-corrected chi connectivity index (χ0v) is 22.1. The molecule has 2 aromatic carbocycles. The monoisotopic (exact) mass is 531 g/mol. The Morgan fingerprint density at radius 1 is 1.05 bits per heavy atom. The Balaban J connectivity index is 1.72. The normalized spacial score (nSPS) is 14.8. The van der Waals surface area contributed by atoms with E-state index < -0.39 is 11.7 Å². The van der Waals surface area contributed by atoms with Crippen LogP contribution in [0.25, 0.3) is 5.69 Å². The van der Waals surface area contributed by atoms with Crippen molar-refractivity contribution in [3.8, 4) is 5.69 Å². The molecule has 1 fully saturated rings. The highest BCUT2D eigenvalue weighted by molar-refractivity contribution is 5.94. The van der Waals surface area contributed by atoms with Gasteiger partial charge in [0.05, 0.1) is 23.5 Å². The standard InChI is InChI=1S/C28H33F4N5O/c1-5-34-13-15-35(16-14-34)26-25(20(4)33-37(26)24-8-6-7-23(29)17-24)18-36(19(2)3)27(38)21-9-11-22(12-10-21)28(30,31)32/h6-12,17,19H,5,13-16,18H2,1-4H3. The third-order valence-electron chi connectivity index (χ3n) is 7.00. The number of likely N-dealkylation sites (N-methyl/N-ethyl adjacent to an activating group) is 1. The molecule has 0 saturated carbocycles. The van der Waals surface area contributed by atoms with Gasteiger partial charge < -0.3 is 14.7 Å². The number of piperazine rings is 1. The number of amides is 1. The first-order valence-electron chi connectivity index (χ1n) is 12.8. The molecule has 1 saturated heterocycles. The molecule has 1 aromatic heterocycles. The lowest BCUT2D eigenvalue weighted by molar-refractivity contribution is -0.137. The van der Waals surface area contributed by atoms with Crippen molar-refractivity contribution in [2.75, 3.05) is 37.6 Å². The van der Waals surface area contributed by atoms with Crippen molar-refractivity contribution in [1.29, 1.82) is 0 Å². The number of carbonyl (C=O) groups excluding carboxylic acids is 1. The van der Waals surface area contributed by atoms with Gasteiger partial charge in [-0.05, 0) is 69.8 Å². The van der Waals surface area contributed by atoms with Crippen LogP contribution in [0.4, 0.5) is 23.4 Å². The minimum absolute atomic E-state index is 0.181. The van der Waals surface area contributed by atoms with E-state index in [1.54, 1.807) is 21.7 Å². The highest BCUT2D eigenvalue weighted by Crippen LogP contribution is 2.32. The van der Waals surface area contributed by atoms with Gasteiger partial charge in [0.25, 0.3) is 5.91 Å². The highest BCUT2D eigenvalue weighted by Gasteiger charge is 2.32. The molecule has 4 rings (SSSR count). The number of hydrogen-bond acceptors (Lipinski definition) is 4. The van der Waals surface area contributed by atoms with Crippen LogP contribution >= 0.6 is 0 Å². The number of anilines is 1. The smallest absolute Gasteiger partial charge is 0.354 e. The molecule has 0 atom stereocenters. The Kier molecular flexibility index (Phi) is 8.10. The Morgan fingerprint density at radius 2 is 1.71 bits per heavy atom. The molecule has 38 heavy (non-hydrogen) atoms. The molecule has 0 N–H and O–H groups in total. The zero-order valence-electron chi connectivity index (χ0n) is 22.1. The van der Waals surface area contributed by atoms with Crippen LogP contribution in [0.1, 0.15) is 48.0 Å². The summed E-state index contributed by atoms with van der Waals surface area (Å²) in [5.74, 6) is 0.0587. The van der Waals surface area contributed by atoms with E-state index >= 15 is 0 Å². The molecule has 0 radical (unpaired) electrons. The van der Waals surface area contributed by atoms with Crippen molar-refractivity contribution >= 4 is 11.7 Å². The van der Waals surface area contributed by atoms with Gasteiger partial charge in [-0.25, -0.2) is 9.07 Å². The second-order valence-electron chi connectivity index (χ2n) is 9.80. The van der Waals surface area contributed by atoms with E-state index in [9.17, 15) is 22.4 Å². The van der Waals surface area contributed by atoms with Crippen LogP contribution in [-0.2, 0) is 12.7 Å². The second kappa shape index (κ2) is 11.1. The summed E-state index contributed by atoms with van der Waals surface area (Å²) in [4.78, 5) is 19.7. The number of nitrogens with zero attached hydrogens (tertiary/aromatic N) is 5. The van der Waals surface area contributed by atoms with E-state index in [1.165, 1.54) is 24.3 Å². The predicted octanol–water partition coefficient (Wildman–Crippen LogP) is 5.53. The molecule has 0 unspecified atom stereocenters. The van der Waals surface area contributed by atoms with Gasteiger partial charge in [0.2, 0.25) is 0 Å². The number of carbonyl (C=O) groups is 1. The van der Waals surface area contributed by atoms with Crippen LogP contribution in [0, 0.1) is 12.7 Å². The fraction of sp³-hybridized carbons (Fsp3) is 0.429. The van der Waals surface area contributed by atoms with Crippen LogP contribution in [0.15, 0.2) is 48.5 Å². The molecule has 6 nitrogen and oxygen atoms in total. The Hall–Kier alpha value is -3.40. The largest absolute Gasteiger partial charge is 0.416 e. The summed E-state index contributed by atoms with van der Waals surface area (Å²) >= 11 is 0. The quantitative estimate of drug-likeness (QED) is 0.376. The molecule has 2 heterocycles. The number of benzene rings is 2. The fourth-order valence-electron chi connectivity index (χ4n) is 4.75. The average Bonchev–Trinajstić information content (AvgIpc) is 3.22. The lowest BCUT2D eigenvalue weighted by Crippen LogP contribution is -2.47. The van der Waals surface area contributed by atoms with Crippen molar-refractivity contribution < 1.29 is 22.4 Å². The first-order valence-corrected chi connectivity index (χ1v) is 12.8. The minimum atomic E-state index is -4.47. The van der Waals surface area contributed by atoms with Crippen LogP contribution in [0.5, 0.6) is 0 Å². The molecule has 1 aliphatic rings. The van der Waals surface area contributed by atoms with E-state index in [-0.39, 0.29) is 29.9 Å². The summed E-state index contributed by atoms with van der Waals surface area (Å²) in [5, 5.41) is 4.75. The lowest BCUT2D eigenvalue weighted by atomic mass is 10.1. The summed E-state index contributed by atoms with van der Waals surface area (Å²) in [6, 6.07) is 10.3. The third-order valence-corrected chi connectivity index (χ3v) is 7.00. The number of aryl methyl sites for hydroxylation is 1. The van der Waals surface area contributed by atoms with Gasteiger partial charge in [0.1, 0.15) is 11.6 Å². The summed E-state index contributed by atoms with van der Waals surface area (Å²) < 4.78 is 55.0. The van der Waals surface area contributed by atoms with Gasteiger partial charge in [-0.1, -0.05) is 13.0 Å². The molecule has 204 valence electrons. The van der Waals surface area contributed by atoms with Gasteiger partial charge in [0.15, 0.2) is 0 Å².